The van der Waals surface area contributed by atoms with E-state index >= 15 is 0 Å². The van der Waals surface area contributed by atoms with E-state index in [2.05, 4.69) is 15.2 Å². The Morgan fingerprint density at radius 2 is 2.08 bits per heavy atom. The lowest BCUT2D eigenvalue weighted by atomic mass is 10.1. The summed E-state index contributed by atoms with van der Waals surface area (Å²) in [5.41, 5.74) is 2.09. The Balaban J connectivity index is 1.77. The molecule has 3 aromatic rings. The van der Waals surface area contributed by atoms with Crippen molar-refractivity contribution >= 4 is 17.2 Å². The fraction of sp³-hybridized carbons (Fsp3) is 0.235. The van der Waals surface area contributed by atoms with Gasteiger partial charge in [-0.3, -0.25) is 9.89 Å². The Kier molecular flexibility index (Phi) is 4.61. The summed E-state index contributed by atoms with van der Waals surface area (Å²) in [6, 6.07) is 9.21. The third-order valence-corrected chi connectivity index (χ3v) is 4.85. The van der Waals surface area contributed by atoms with Crippen LogP contribution < -0.4 is 4.74 Å². The second kappa shape index (κ2) is 6.84. The molecule has 1 aromatic carbocycles. The number of ether oxygens (including phenoxy) is 1. The molecule has 2 heterocycles. The fourth-order valence-corrected chi connectivity index (χ4v) is 3.05. The first-order valence-electron chi connectivity index (χ1n) is 7.46. The molecular formula is C17H18N4O2S. The van der Waals surface area contributed by atoms with Crippen molar-refractivity contribution < 1.29 is 9.53 Å². The van der Waals surface area contributed by atoms with Crippen molar-refractivity contribution in [3.05, 3.63) is 52.6 Å². The number of hydrogen-bond donors (Lipinski definition) is 1. The molecule has 6 nitrogen and oxygen atoms in total. The number of methoxy groups -OCH3 is 1. The number of amides is 1. The second-order valence-electron chi connectivity index (χ2n) is 5.36. The van der Waals surface area contributed by atoms with Crippen molar-refractivity contribution in [3.63, 3.8) is 0 Å². The summed E-state index contributed by atoms with van der Waals surface area (Å²) in [4.78, 5) is 18.6. The Hall–Kier alpha value is -2.67. The highest BCUT2D eigenvalue weighted by molar-refractivity contribution is 7.09. The van der Waals surface area contributed by atoms with Crippen LogP contribution >= 0.6 is 11.3 Å². The molecule has 0 fully saturated rings. The highest BCUT2D eigenvalue weighted by Crippen LogP contribution is 2.24. The standard InChI is InChI=1S/C17H18N4O2S/c1-11(16-18-8-9-24-16)21(2)17(22)15-10-14(19-20-15)12-4-6-13(23-3)7-5-12/h4-11H,1-3H3,(H,19,20)/t11-/m0/s1. The molecule has 0 spiro atoms. The molecule has 0 aliphatic rings. The van der Waals surface area contributed by atoms with Gasteiger partial charge in [-0.1, -0.05) is 0 Å². The predicted molar refractivity (Wildman–Crippen MR) is 93.2 cm³/mol. The van der Waals surface area contributed by atoms with E-state index in [0.29, 0.717) is 5.69 Å². The number of carbonyl (C=O) groups is 1. The monoisotopic (exact) mass is 342 g/mol. The molecule has 1 amide bonds. The lowest BCUT2D eigenvalue weighted by Gasteiger charge is -2.22. The van der Waals surface area contributed by atoms with Crippen molar-refractivity contribution in [1.29, 1.82) is 0 Å². The van der Waals surface area contributed by atoms with Crippen LogP contribution in [0.25, 0.3) is 11.3 Å². The molecule has 0 saturated carbocycles. The van der Waals surface area contributed by atoms with E-state index in [1.54, 1.807) is 31.3 Å². The van der Waals surface area contributed by atoms with Crippen LogP contribution in [0.1, 0.15) is 28.5 Å². The van der Waals surface area contributed by atoms with Gasteiger partial charge in [0.1, 0.15) is 16.5 Å². The Morgan fingerprint density at radius 1 is 1.33 bits per heavy atom. The minimum absolute atomic E-state index is 0.0924. The molecule has 3 rings (SSSR count). The maximum atomic E-state index is 12.6. The molecule has 1 atom stereocenters. The number of hydrogen-bond acceptors (Lipinski definition) is 5. The quantitative estimate of drug-likeness (QED) is 0.772. The van der Waals surface area contributed by atoms with Gasteiger partial charge in [-0.15, -0.1) is 11.3 Å². The van der Waals surface area contributed by atoms with Crippen molar-refractivity contribution in [3.8, 4) is 17.0 Å². The second-order valence-corrected chi connectivity index (χ2v) is 6.28. The van der Waals surface area contributed by atoms with E-state index in [-0.39, 0.29) is 11.9 Å². The van der Waals surface area contributed by atoms with Crippen LogP contribution in [0.3, 0.4) is 0 Å². The summed E-state index contributed by atoms with van der Waals surface area (Å²) in [5, 5.41) is 9.87. The lowest BCUT2D eigenvalue weighted by Crippen LogP contribution is -2.29. The largest absolute Gasteiger partial charge is 0.497 e. The Labute approximate surface area is 144 Å². The summed E-state index contributed by atoms with van der Waals surface area (Å²) in [6.07, 6.45) is 1.74. The molecule has 7 heteroatoms. The van der Waals surface area contributed by atoms with Crippen molar-refractivity contribution in [2.24, 2.45) is 0 Å². The van der Waals surface area contributed by atoms with Crippen molar-refractivity contribution in [2.75, 3.05) is 14.2 Å². The third-order valence-electron chi connectivity index (χ3n) is 3.90. The van der Waals surface area contributed by atoms with E-state index in [1.165, 1.54) is 11.3 Å². The normalized spacial score (nSPS) is 12.0. The summed E-state index contributed by atoms with van der Waals surface area (Å²) < 4.78 is 5.15. The lowest BCUT2D eigenvalue weighted by molar-refractivity contribution is 0.0736. The highest BCUT2D eigenvalue weighted by Gasteiger charge is 2.22. The first kappa shape index (κ1) is 16.2. The number of aromatic amines is 1. The van der Waals surface area contributed by atoms with Gasteiger partial charge in [0.15, 0.2) is 0 Å². The van der Waals surface area contributed by atoms with E-state index in [4.69, 9.17) is 4.74 Å². The average Bonchev–Trinajstić information content (AvgIpc) is 3.31. The first-order chi connectivity index (χ1) is 11.6. The molecule has 0 aliphatic carbocycles. The van der Waals surface area contributed by atoms with Gasteiger partial charge >= 0.3 is 0 Å². The summed E-state index contributed by atoms with van der Waals surface area (Å²) in [6.45, 7) is 1.96. The Morgan fingerprint density at radius 3 is 2.71 bits per heavy atom. The fourth-order valence-electron chi connectivity index (χ4n) is 2.31. The number of aromatic nitrogens is 3. The molecule has 0 saturated heterocycles. The van der Waals surface area contributed by atoms with Gasteiger partial charge in [0, 0.05) is 24.2 Å². The Bertz CT molecular complexity index is 812. The summed E-state index contributed by atoms with van der Waals surface area (Å²) in [7, 11) is 3.39. The SMILES string of the molecule is COc1ccc(-c2cc(C(=O)N(C)[C@@H](C)c3nccs3)[nH]n2)cc1. The van der Waals surface area contributed by atoms with Gasteiger partial charge in [0.05, 0.1) is 18.8 Å². The third kappa shape index (κ3) is 3.16. The van der Waals surface area contributed by atoms with Gasteiger partial charge in [-0.2, -0.15) is 5.10 Å². The van der Waals surface area contributed by atoms with E-state index < -0.39 is 0 Å². The minimum atomic E-state index is -0.120. The van der Waals surface area contributed by atoms with E-state index in [0.717, 1.165) is 22.0 Å². The van der Waals surface area contributed by atoms with Gasteiger partial charge < -0.3 is 9.64 Å². The van der Waals surface area contributed by atoms with Crippen molar-refractivity contribution in [2.45, 2.75) is 13.0 Å². The van der Waals surface area contributed by atoms with Crippen LogP contribution in [0.5, 0.6) is 5.75 Å². The molecule has 2 aromatic heterocycles. The van der Waals surface area contributed by atoms with Crippen LogP contribution in [0.4, 0.5) is 0 Å². The first-order valence-corrected chi connectivity index (χ1v) is 8.34. The number of carbonyl (C=O) groups excluding carboxylic acids is 1. The molecule has 0 aliphatic heterocycles. The summed E-state index contributed by atoms with van der Waals surface area (Å²) >= 11 is 1.53. The zero-order valence-corrected chi connectivity index (χ0v) is 14.5. The molecular weight excluding hydrogens is 324 g/mol. The molecule has 1 N–H and O–H groups in total. The number of H-pyrrole nitrogens is 1. The predicted octanol–water partition coefficient (Wildman–Crippen LogP) is 3.38. The minimum Gasteiger partial charge on any atom is -0.497 e. The topological polar surface area (TPSA) is 71.1 Å². The molecule has 0 unspecified atom stereocenters. The molecule has 24 heavy (non-hydrogen) atoms. The number of rotatable bonds is 5. The number of thiazole rings is 1. The summed E-state index contributed by atoms with van der Waals surface area (Å²) in [5.74, 6) is 0.660. The van der Waals surface area contributed by atoms with Gasteiger partial charge in [0.2, 0.25) is 0 Å². The van der Waals surface area contributed by atoms with Crippen LogP contribution in [0.15, 0.2) is 41.9 Å². The van der Waals surface area contributed by atoms with E-state index in [1.807, 2.05) is 36.6 Å². The van der Waals surface area contributed by atoms with Crippen LogP contribution in [0.2, 0.25) is 0 Å². The van der Waals surface area contributed by atoms with Crippen molar-refractivity contribution in [1.82, 2.24) is 20.1 Å². The maximum Gasteiger partial charge on any atom is 0.272 e. The van der Waals surface area contributed by atoms with Gasteiger partial charge in [0.25, 0.3) is 5.91 Å². The highest BCUT2D eigenvalue weighted by atomic mass is 32.1. The molecule has 0 radical (unpaired) electrons. The zero-order valence-electron chi connectivity index (χ0n) is 13.7. The molecule has 0 bridgehead atoms. The zero-order chi connectivity index (χ0) is 17.1. The number of nitrogens with zero attached hydrogens (tertiary/aromatic N) is 3. The van der Waals surface area contributed by atoms with Crippen LogP contribution in [-0.4, -0.2) is 40.1 Å². The van der Waals surface area contributed by atoms with Crippen LogP contribution in [0, 0.1) is 0 Å². The molecule has 124 valence electrons. The smallest absolute Gasteiger partial charge is 0.272 e. The van der Waals surface area contributed by atoms with Gasteiger partial charge in [-0.25, -0.2) is 4.98 Å². The number of benzene rings is 1. The van der Waals surface area contributed by atoms with Crippen LogP contribution in [-0.2, 0) is 0 Å². The maximum absolute atomic E-state index is 12.6. The van der Waals surface area contributed by atoms with E-state index in [9.17, 15) is 4.79 Å². The van der Waals surface area contributed by atoms with Gasteiger partial charge in [-0.05, 0) is 37.3 Å². The number of nitrogens with one attached hydrogen (secondary N) is 1. The average molecular weight is 342 g/mol.